The van der Waals surface area contributed by atoms with Crippen LogP contribution >= 0.6 is 0 Å². The van der Waals surface area contributed by atoms with Gasteiger partial charge < -0.3 is 4.74 Å². The van der Waals surface area contributed by atoms with Crippen LogP contribution in [0.15, 0.2) is 29.2 Å². The number of nitrogens with zero attached hydrogens (tertiary/aromatic N) is 1. The summed E-state index contributed by atoms with van der Waals surface area (Å²) in [5.74, 6) is 0.0293. The van der Waals surface area contributed by atoms with Crippen LogP contribution in [0.2, 0.25) is 0 Å². The summed E-state index contributed by atoms with van der Waals surface area (Å²) in [6.07, 6.45) is 0.648. The normalized spacial score (nSPS) is 11.9. The van der Waals surface area contributed by atoms with Crippen molar-refractivity contribution in [2.24, 2.45) is 0 Å². The van der Waals surface area contributed by atoms with Crippen LogP contribution < -0.4 is 0 Å². The first-order valence-corrected chi connectivity index (χ1v) is 8.36. The summed E-state index contributed by atoms with van der Waals surface area (Å²) in [6, 6.07) is 6.92. The minimum Gasteiger partial charge on any atom is -0.469 e. The molecule has 1 aromatic rings. The lowest BCUT2D eigenvalue weighted by atomic mass is 10.0. The molecule has 118 valence electrons. The number of sulfonamides is 1. The standard InChI is InChI=1S/C15H23NO4S/c1-12(2)13-7-9-14(10-8-13)21(18,19)16(3)11-5-6-15(17)20-4/h7-10,12H,5-6,11H2,1-4H3. The monoisotopic (exact) mass is 313 g/mol. The van der Waals surface area contributed by atoms with Gasteiger partial charge in [-0.1, -0.05) is 26.0 Å². The Morgan fingerprint density at radius 3 is 2.29 bits per heavy atom. The fraction of sp³-hybridized carbons (Fsp3) is 0.533. The summed E-state index contributed by atoms with van der Waals surface area (Å²) >= 11 is 0. The molecule has 6 heteroatoms. The number of methoxy groups -OCH3 is 1. The number of rotatable bonds is 7. The van der Waals surface area contributed by atoms with Gasteiger partial charge in [0.2, 0.25) is 10.0 Å². The third kappa shape index (κ3) is 4.82. The van der Waals surface area contributed by atoms with Gasteiger partial charge >= 0.3 is 5.97 Å². The van der Waals surface area contributed by atoms with E-state index in [1.54, 1.807) is 12.1 Å². The molecular formula is C15H23NO4S. The fourth-order valence-electron chi connectivity index (χ4n) is 1.87. The SMILES string of the molecule is COC(=O)CCCN(C)S(=O)(=O)c1ccc(C(C)C)cc1. The van der Waals surface area contributed by atoms with E-state index in [9.17, 15) is 13.2 Å². The first kappa shape index (κ1) is 17.7. The Bertz CT molecular complexity index is 564. The maximum Gasteiger partial charge on any atom is 0.305 e. The Morgan fingerprint density at radius 1 is 1.24 bits per heavy atom. The molecule has 0 heterocycles. The molecule has 0 unspecified atom stereocenters. The van der Waals surface area contributed by atoms with Crippen molar-refractivity contribution in [1.82, 2.24) is 4.31 Å². The topological polar surface area (TPSA) is 63.7 Å². The molecule has 0 fully saturated rings. The number of hydrogen-bond donors (Lipinski definition) is 0. The van der Waals surface area contributed by atoms with Gasteiger partial charge in [0.15, 0.2) is 0 Å². The summed E-state index contributed by atoms with van der Waals surface area (Å²) in [5, 5.41) is 0. The molecule has 0 saturated heterocycles. The van der Waals surface area contributed by atoms with Gasteiger partial charge in [0, 0.05) is 20.0 Å². The smallest absolute Gasteiger partial charge is 0.305 e. The molecule has 0 saturated carbocycles. The largest absolute Gasteiger partial charge is 0.469 e. The van der Waals surface area contributed by atoms with Crippen molar-refractivity contribution >= 4 is 16.0 Å². The number of esters is 1. The zero-order valence-corrected chi connectivity index (χ0v) is 13.8. The quantitative estimate of drug-likeness (QED) is 0.725. The average molecular weight is 313 g/mol. The number of ether oxygens (including phenoxy) is 1. The Balaban J connectivity index is 2.73. The molecule has 21 heavy (non-hydrogen) atoms. The van der Waals surface area contributed by atoms with Crippen LogP contribution in [0.25, 0.3) is 0 Å². The number of carbonyl (C=O) groups is 1. The van der Waals surface area contributed by atoms with E-state index in [1.165, 1.54) is 18.5 Å². The molecule has 0 amide bonds. The lowest BCUT2D eigenvalue weighted by Gasteiger charge is -2.17. The van der Waals surface area contributed by atoms with E-state index in [4.69, 9.17) is 0 Å². The Labute approximate surface area is 127 Å². The maximum atomic E-state index is 12.4. The van der Waals surface area contributed by atoms with Crippen LogP contribution in [0, 0.1) is 0 Å². The minimum atomic E-state index is -3.50. The van der Waals surface area contributed by atoms with Crippen LogP contribution in [0.1, 0.15) is 38.2 Å². The lowest BCUT2D eigenvalue weighted by molar-refractivity contribution is -0.140. The van der Waals surface area contributed by atoms with Crippen LogP contribution in [0.5, 0.6) is 0 Å². The van der Waals surface area contributed by atoms with E-state index in [0.29, 0.717) is 12.3 Å². The van der Waals surface area contributed by atoms with Gasteiger partial charge in [0.1, 0.15) is 0 Å². The highest BCUT2D eigenvalue weighted by Gasteiger charge is 2.20. The van der Waals surface area contributed by atoms with Crippen molar-refractivity contribution in [1.29, 1.82) is 0 Å². The summed E-state index contributed by atoms with van der Waals surface area (Å²) < 4.78 is 30.5. The maximum absolute atomic E-state index is 12.4. The van der Waals surface area contributed by atoms with Crippen molar-refractivity contribution in [3.05, 3.63) is 29.8 Å². The second-order valence-electron chi connectivity index (χ2n) is 5.23. The lowest BCUT2D eigenvalue weighted by Crippen LogP contribution is -2.28. The molecule has 0 aromatic heterocycles. The molecule has 1 rings (SSSR count). The molecule has 5 nitrogen and oxygen atoms in total. The average Bonchev–Trinajstić information content (AvgIpc) is 2.46. The van der Waals surface area contributed by atoms with Gasteiger partial charge in [-0.05, 0) is 30.0 Å². The number of hydrogen-bond acceptors (Lipinski definition) is 4. The highest BCUT2D eigenvalue weighted by molar-refractivity contribution is 7.89. The van der Waals surface area contributed by atoms with Gasteiger partial charge in [-0.25, -0.2) is 12.7 Å². The molecule has 0 radical (unpaired) electrons. The highest BCUT2D eigenvalue weighted by Crippen LogP contribution is 2.19. The van der Waals surface area contributed by atoms with Crippen molar-refractivity contribution in [3.8, 4) is 0 Å². The summed E-state index contributed by atoms with van der Waals surface area (Å²) in [5.41, 5.74) is 1.10. The third-order valence-corrected chi connectivity index (χ3v) is 5.21. The van der Waals surface area contributed by atoms with E-state index < -0.39 is 10.0 Å². The second kappa shape index (κ2) is 7.56. The van der Waals surface area contributed by atoms with E-state index in [0.717, 1.165) is 5.56 Å². The first-order chi connectivity index (χ1) is 9.78. The molecule has 0 aliphatic carbocycles. The van der Waals surface area contributed by atoms with Gasteiger partial charge in [-0.15, -0.1) is 0 Å². The highest BCUT2D eigenvalue weighted by atomic mass is 32.2. The van der Waals surface area contributed by atoms with Crippen LogP contribution in [-0.4, -0.2) is 39.4 Å². The van der Waals surface area contributed by atoms with E-state index >= 15 is 0 Å². The summed E-state index contributed by atoms with van der Waals surface area (Å²) in [6.45, 7) is 4.40. The zero-order valence-electron chi connectivity index (χ0n) is 13.0. The Hall–Kier alpha value is -1.40. The number of benzene rings is 1. The summed E-state index contributed by atoms with van der Waals surface area (Å²) in [4.78, 5) is 11.3. The Morgan fingerprint density at radius 2 is 1.81 bits per heavy atom. The van der Waals surface area contributed by atoms with Crippen molar-refractivity contribution < 1.29 is 17.9 Å². The van der Waals surface area contributed by atoms with Crippen molar-refractivity contribution in [2.75, 3.05) is 20.7 Å². The predicted molar refractivity (Wildman–Crippen MR) is 81.6 cm³/mol. The number of carbonyl (C=O) groups excluding carboxylic acids is 1. The van der Waals surface area contributed by atoms with Gasteiger partial charge in [-0.2, -0.15) is 0 Å². The van der Waals surface area contributed by atoms with Crippen LogP contribution in [0.4, 0.5) is 0 Å². The molecule has 0 bridgehead atoms. The first-order valence-electron chi connectivity index (χ1n) is 6.92. The van der Waals surface area contributed by atoms with Gasteiger partial charge in [0.25, 0.3) is 0 Å². The van der Waals surface area contributed by atoms with Crippen LogP contribution in [0.3, 0.4) is 0 Å². The molecule has 0 N–H and O–H groups in total. The van der Waals surface area contributed by atoms with E-state index in [-0.39, 0.29) is 23.8 Å². The third-order valence-electron chi connectivity index (χ3n) is 3.34. The predicted octanol–water partition coefficient (Wildman–Crippen LogP) is 2.38. The minimum absolute atomic E-state index is 0.211. The van der Waals surface area contributed by atoms with Crippen LogP contribution in [-0.2, 0) is 19.6 Å². The molecule has 0 aliphatic rings. The zero-order chi connectivity index (χ0) is 16.0. The molecule has 0 atom stereocenters. The molecule has 0 spiro atoms. The Kier molecular flexibility index (Phi) is 6.36. The summed E-state index contributed by atoms with van der Waals surface area (Å²) in [7, 11) is -0.670. The second-order valence-corrected chi connectivity index (χ2v) is 7.27. The molecule has 1 aromatic carbocycles. The fourth-order valence-corrected chi connectivity index (χ4v) is 3.08. The van der Waals surface area contributed by atoms with E-state index in [1.807, 2.05) is 12.1 Å². The van der Waals surface area contributed by atoms with Crippen molar-refractivity contribution in [3.63, 3.8) is 0 Å². The van der Waals surface area contributed by atoms with Gasteiger partial charge in [0.05, 0.1) is 12.0 Å². The van der Waals surface area contributed by atoms with E-state index in [2.05, 4.69) is 18.6 Å². The van der Waals surface area contributed by atoms with Gasteiger partial charge in [-0.3, -0.25) is 4.79 Å². The molecular weight excluding hydrogens is 290 g/mol. The van der Waals surface area contributed by atoms with Crippen molar-refractivity contribution in [2.45, 2.75) is 37.5 Å². The molecule has 0 aliphatic heterocycles.